The van der Waals surface area contributed by atoms with E-state index in [0.29, 0.717) is 18.2 Å². The summed E-state index contributed by atoms with van der Waals surface area (Å²) in [7, 11) is 0. The van der Waals surface area contributed by atoms with Gasteiger partial charge in [-0.25, -0.2) is 9.67 Å². The van der Waals surface area contributed by atoms with Crippen LogP contribution in [-0.2, 0) is 11.3 Å². The van der Waals surface area contributed by atoms with Crippen LogP contribution in [0.5, 0.6) is 0 Å². The Hall–Kier alpha value is -1.04. The Morgan fingerprint density at radius 3 is 3.00 bits per heavy atom. The average Bonchev–Trinajstić information content (AvgIpc) is 2.97. The predicted molar refractivity (Wildman–Crippen MR) is 53.8 cm³/mol. The van der Waals surface area contributed by atoms with Crippen LogP contribution in [0.2, 0.25) is 0 Å². The number of aromatic nitrogens is 3. The van der Waals surface area contributed by atoms with Crippen LogP contribution in [0.25, 0.3) is 0 Å². The number of hydrogen-bond acceptors (Lipinski definition) is 4. The first-order chi connectivity index (χ1) is 7.24. The molecule has 15 heavy (non-hydrogen) atoms. The number of thioether (sulfide) groups is 1. The number of fused-ring (bicyclic) bond motifs is 1. The van der Waals surface area contributed by atoms with Gasteiger partial charge in [-0.05, 0) is 12.8 Å². The number of carboxylic acid groups (broad SMARTS) is 1. The minimum absolute atomic E-state index is 0.323. The summed E-state index contributed by atoms with van der Waals surface area (Å²) >= 11 is 1.50. The van der Waals surface area contributed by atoms with Crippen LogP contribution in [-0.4, -0.2) is 31.6 Å². The molecule has 0 radical (unpaired) electrons. The van der Waals surface area contributed by atoms with Crippen molar-refractivity contribution in [3.63, 3.8) is 0 Å². The van der Waals surface area contributed by atoms with Gasteiger partial charge in [-0.2, -0.15) is 5.10 Å². The number of hydrogen-bond donors (Lipinski definition) is 1. The molecule has 0 saturated heterocycles. The maximum absolute atomic E-state index is 10.8. The molecule has 1 atom stereocenters. The van der Waals surface area contributed by atoms with Crippen molar-refractivity contribution in [2.75, 3.05) is 5.75 Å². The topological polar surface area (TPSA) is 68.0 Å². The first-order valence-corrected chi connectivity index (χ1v) is 6.03. The molecule has 0 bridgehead atoms. The highest BCUT2D eigenvalue weighted by Gasteiger charge is 2.32. The van der Waals surface area contributed by atoms with Gasteiger partial charge in [0.2, 0.25) is 0 Å². The van der Waals surface area contributed by atoms with Crippen molar-refractivity contribution in [3.05, 3.63) is 5.82 Å². The molecule has 2 aliphatic rings. The molecule has 1 aromatic heterocycles. The van der Waals surface area contributed by atoms with E-state index in [4.69, 9.17) is 5.11 Å². The van der Waals surface area contributed by atoms with E-state index < -0.39 is 5.97 Å². The maximum atomic E-state index is 10.8. The van der Waals surface area contributed by atoms with E-state index in [0.717, 1.165) is 11.0 Å². The van der Waals surface area contributed by atoms with Crippen LogP contribution in [0.3, 0.4) is 0 Å². The fourth-order valence-electron chi connectivity index (χ4n) is 1.67. The SMILES string of the molecule is O=C(O)C1CSc2nc(C3CC3)nn2C1. The molecule has 1 aromatic rings. The lowest BCUT2D eigenvalue weighted by atomic mass is 10.2. The molecule has 3 rings (SSSR count). The zero-order chi connectivity index (χ0) is 10.4. The van der Waals surface area contributed by atoms with E-state index in [1.165, 1.54) is 24.6 Å². The van der Waals surface area contributed by atoms with Crippen LogP contribution in [0.1, 0.15) is 24.6 Å². The monoisotopic (exact) mass is 225 g/mol. The molecule has 2 heterocycles. The predicted octanol–water partition coefficient (Wildman–Crippen LogP) is 0.962. The zero-order valence-electron chi connectivity index (χ0n) is 8.09. The van der Waals surface area contributed by atoms with Gasteiger partial charge in [-0.3, -0.25) is 4.79 Å². The largest absolute Gasteiger partial charge is 0.481 e. The summed E-state index contributed by atoms with van der Waals surface area (Å²) in [5, 5.41) is 14.2. The van der Waals surface area contributed by atoms with Crippen molar-refractivity contribution in [2.45, 2.75) is 30.5 Å². The molecule has 80 valence electrons. The van der Waals surface area contributed by atoms with Crippen molar-refractivity contribution in [3.8, 4) is 0 Å². The molecule has 1 aliphatic heterocycles. The summed E-state index contributed by atoms with van der Waals surface area (Å²) in [5.74, 6) is 0.987. The Kier molecular flexibility index (Phi) is 1.98. The number of aliphatic carboxylic acids is 1. The van der Waals surface area contributed by atoms with Crippen molar-refractivity contribution in [1.29, 1.82) is 0 Å². The minimum Gasteiger partial charge on any atom is -0.481 e. The third kappa shape index (κ3) is 1.62. The lowest BCUT2D eigenvalue weighted by Gasteiger charge is -2.17. The van der Waals surface area contributed by atoms with Gasteiger partial charge in [0.15, 0.2) is 11.0 Å². The van der Waals surface area contributed by atoms with Crippen LogP contribution >= 0.6 is 11.8 Å². The van der Waals surface area contributed by atoms with Gasteiger partial charge in [0, 0.05) is 11.7 Å². The third-order valence-electron chi connectivity index (χ3n) is 2.75. The van der Waals surface area contributed by atoms with Gasteiger partial charge in [-0.1, -0.05) is 11.8 Å². The molecule has 1 unspecified atom stereocenters. The van der Waals surface area contributed by atoms with Crippen LogP contribution in [0, 0.1) is 5.92 Å². The highest BCUT2D eigenvalue weighted by molar-refractivity contribution is 7.99. The minimum atomic E-state index is -0.739. The molecule has 0 aromatic carbocycles. The van der Waals surface area contributed by atoms with E-state index in [2.05, 4.69) is 10.1 Å². The summed E-state index contributed by atoms with van der Waals surface area (Å²) in [6, 6.07) is 0. The second-order valence-electron chi connectivity index (χ2n) is 4.06. The van der Waals surface area contributed by atoms with Gasteiger partial charge in [-0.15, -0.1) is 0 Å². The molecule has 1 N–H and O–H groups in total. The molecule has 6 heteroatoms. The van der Waals surface area contributed by atoms with E-state index in [9.17, 15) is 4.79 Å². The van der Waals surface area contributed by atoms with Crippen LogP contribution < -0.4 is 0 Å². The maximum Gasteiger partial charge on any atom is 0.309 e. The molecule has 1 saturated carbocycles. The molecule has 1 aliphatic carbocycles. The van der Waals surface area contributed by atoms with Crippen LogP contribution in [0.4, 0.5) is 0 Å². The first kappa shape index (κ1) is 9.21. The molecular formula is C9H11N3O2S. The Labute approximate surface area is 90.9 Å². The van der Waals surface area contributed by atoms with Crippen molar-refractivity contribution < 1.29 is 9.90 Å². The summed E-state index contributed by atoms with van der Waals surface area (Å²) in [4.78, 5) is 15.3. The first-order valence-electron chi connectivity index (χ1n) is 5.04. The molecule has 0 amide bonds. The fourth-order valence-corrected chi connectivity index (χ4v) is 2.69. The normalized spacial score (nSPS) is 24.9. The fraction of sp³-hybridized carbons (Fsp3) is 0.667. The van der Waals surface area contributed by atoms with Gasteiger partial charge in [0.25, 0.3) is 0 Å². The van der Waals surface area contributed by atoms with Gasteiger partial charge >= 0.3 is 5.97 Å². The van der Waals surface area contributed by atoms with Crippen molar-refractivity contribution in [2.24, 2.45) is 5.92 Å². The van der Waals surface area contributed by atoms with Gasteiger partial charge in [0.1, 0.15) is 0 Å². The van der Waals surface area contributed by atoms with Crippen molar-refractivity contribution >= 4 is 17.7 Å². The second-order valence-corrected chi connectivity index (χ2v) is 5.04. The average molecular weight is 225 g/mol. The van der Waals surface area contributed by atoms with Crippen molar-refractivity contribution in [1.82, 2.24) is 14.8 Å². The van der Waals surface area contributed by atoms with E-state index in [-0.39, 0.29) is 5.92 Å². The summed E-state index contributed by atoms with van der Waals surface area (Å²) in [5.41, 5.74) is 0. The second kappa shape index (κ2) is 3.23. The van der Waals surface area contributed by atoms with Gasteiger partial charge < -0.3 is 5.11 Å². The number of carbonyl (C=O) groups is 1. The standard InChI is InChI=1S/C9H11N3O2S/c13-8(14)6-3-12-9(15-4-6)10-7(11-12)5-1-2-5/h5-6H,1-4H2,(H,13,14). The smallest absolute Gasteiger partial charge is 0.309 e. The van der Waals surface area contributed by atoms with Crippen LogP contribution in [0.15, 0.2) is 5.16 Å². The van der Waals surface area contributed by atoms with E-state index in [1.807, 2.05) is 0 Å². The summed E-state index contributed by atoms with van der Waals surface area (Å²) < 4.78 is 1.75. The summed E-state index contributed by atoms with van der Waals surface area (Å²) in [6.07, 6.45) is 2.35. The Bertz CT molecular complexity index is 413. The van der Waals surface area contributed by atoms with Gasteiger partial charge in [0.05, 0.1) is 12.5 Å². The highest BCUT2D eigenvalue weighted by atomic mass is 32.2. The zero-order valence-corrected chi connectivity index (χ0v) is 8.90. The molecule has 5 nitrogen and oxygen atoms in total. The Morgan fingerprint density at radius 1 is 1.53 bits per heavy atom. The number of carboxylic acids is 1. The number of rotatable bonds is 2. The van der Waals surface area contributed by atoms with E-state index in [1.54, 1.807) is 4.68 Å². The molecule has 0 spiro atoms. The highest BCUT2D eigenvalue weighted by Crippen LogP contribution is 2.39. The molecule has 1 fully saturated rings. The van der Waals surface area contributed by atoms with E-state index >= 15 is 0 Å². The Morgan fingerprint density at radius 2 is 2.33 bits per heavy atom. The quantitative estimate of drug-likeness (QED) is 0.812. The lowest BCUT2D eigenvalue weighted by molar-refractivity contribution is -0.141. The third-order valence-corrected chi connectivity index (χ3v) is 3.88. The molecular weight excluding hydrogens is 214 g/mol. The Balaban J connectivity index is 1.85. The number of nitrogens with zero attached hydrogens (tertiary/aromatic N) is 3. The summed E-state index contributed by atoms with van der Waals surface area (Å²) in [6.45, 7) is 0.470. The lowest BCUT2D eigenvalue weighted by Crippen LogP contribution is -2.26.